The fraction of sp³-hybridized carbons (Fsp3) is 0.0526. The van der Waals surface area contributed by atoms with Crippen LogP contribution in [0.5, 0.6) is 11.5 Å². The van der Waals surface area contributed by atoms with Crippen molar-refractivity contribution in [2.75, 3.05) is 7.11 Å². The first-order chi connectivity index (χ1) is 13.4. The number of nitro benzene ring substituents is 1. The standard InChI is InChI=1S/C19H14N2O6S/c1-27-16-5-3-2-4-12(16)15(23)10-18-20-19(24)17(28-18)9-11-6-7-14(22)13(8-11)21(25)26/h2-10,22H,1H3,(H,20,24)/b17-9+,18-10+. The lowest BCUT2D eigenvalue weighted by Gasteiger charge is -2.03. The molecule has 9 heteroatoms. The van der Waals surface area contributed by atoms with Gasteiger partial charge in [0.15, 0.2) is 11.5 Å². The Hall–Kier alpha value is -3.72. The second-order valence-corrected chi connectivity index (χ2v) is 6.73. The molecule has 142 valence electrons. The van der Waals surface area contributed by atoms with E-state index in [4.69, 9.17) is 4.74 Å². The fourth-order valence-corrected chi connectivity index (χ4v) is 3.38. The Morgan fingerprint density at radius 3 is 2.75 bits per heavy atom. The van der Waals surface area contributed by atoms with Crippen molar-refractivity contribution >= 4 is 35.0 Å². The number of aromatic nitrogens is 1. The zero-order chi connectivity index (χ0) is 20.3. The van der Waals surface area contributed by atoms with E-state index in [1.807, 2.05) is 0 Å². The van der Waals surface area contributed by atoms with Crippen LogP contribution in [0.25, 0.3) is 12.2 Å². The predicted octanol–water partition coefficient (Wildman–Crippen LogP) is 1.55. The summed E-state index contributed by atoms with van der Waals surface area (Å²) in [6.45, 7) is 0. The van der Waals surface area contributed by atoms with Gasteiger partial charge in [-0.1, -0.05) is 18.2 Å². The molecule has 0 spiro atoms. The van der Waals surface area contributed by atoms with Gasteiger partial charge in [-0.25, -0.2) is 0 Å². The lowest BCUT2D eigenvalue weighted by atomic mass is 10.1. The molecule has 8 nitrogen and oxygen atoms in total. The van der Waals surface area contributed by atoms with E-state index < -0.39 is 21.9 Å². The molecule has 0 aliphatic heterocycles. The summed E-state index contributed by atoms with van der Waals surface area (Å²) in [6, 6.07) is 10.5. The van der Waals surface area contributed by atoms with Gasteiger partial charge in [0.25, 0.3) is 5.56 Å². The summed E-state index contributed by atoms with van der Waals surface area (Å²) in [7, 11) is 1.46. The number of thiazole rings is 1. The van der Waals surface area contributed by atoms with E-state index in [9.17, 15) is 24.8 Å². The van der Waals surface area contributed by atoms with Crippen LogP contribution in [-0.2, 0) is 0 Å². The van der Waals surface area contributed by atoms with Gasteiger partial charge in [-0.15, -0.1) is 11.3 Å². The fourth-order valence-electron chi connectivity index (χ4n) is 2.50. The lowest BCUT2D eigenvalue weighted by Crippen LogP contribution is -2.20. The molecule has 0 saturated carbocycles. The third kappa shape index (κ3) is 3.99. The van der Waals surface area contributed by atoms with Crippen molar-refractivity contribution < 1.29 is 19.6 Å². The molecule has 0 unspecified atom stereocenters. The number of phenols is 1. The minimum atomic E-state index is -0.712. The van der Waals surface area contributed by atoms with Gasteiger partial charge in [-0.05, 0) is 29.8 Å². The molecule has 0 amide bonds. The first-order valence-electron chi connectivity index (χ1n) is 7.96. The number of hydrogen-bond donors (Lipinski definition) is 2. The number of rotatable bonds is 5. The number of carbonyl (C=O) groups is 1. The predicted molar refractivity (Wildman–Crippen MR) is 104 cm³/mol. The van der Waals surface area contributed by atoms with Gasteiger partial charge in [-0.2, -0.15) is 0 Å². The maximum Gasteiger partial charge on any atom is 0.311 e. The van der Waals surface area contributed by atoms with E-state index in [-0.39, 0.29) is 10.3 Å². The smallest absolute Gasteiger partial charge is 0.311 e. The number of hydrogen-bond acceptors (Lipinski definition) is 7. The van der Waals surface area contributed by atoms with Crippen molar-refractivity contribution in [3.05, 3.63) is 83.3 Å². The van der Waals surface area contributed by atoms with Crippen LogP contribution < -0.4 is 19.5 Å². The van der Waals surface area contributed by atoms with E-state index >= 15 is 0 Å². The van der Waals surface area contributed by atoms with E-state index in [1.165, 1.54) is 31.4 Å². The summed E-state index contributed by atoms with van der Waals surface area (Å²) in [5, 5.41) is 20.4. The molecule has 0 aliphatic rings. The van der Waals surface area contributed by atoms with Crippen molar-refractivity contribution in [3.63, 3.8) is 0 Å². The molecule has 3 rings (SSSR count). The topological polar surface area (TPSA) is 123 Å². The highest BCUT2D eigenvalue weighted by molar-refractivity contribution is 7.07. The number of phenolic OH excluding ortho intramolecular Hbond substituents is 1. The summed E-state index contributed by atoms with van der Waals surface area (Å²) in [6.07, 6.45) is 2.74. The van der Waals surface area contributed by atoms with Crippen LogP contribution in [0.4, 0.5) is 5.69 Å². The van der Waals surface area contributed by atoms with Gasteiger partial charge >= 0.3 is 5.69 Å². The average molecular weight is 398 g/mol. The molecule has 0 radical (unpaired) electrons. The molecule has 0 saturated heterocycles. The maximum absolute atomic E-state index is 12.5. The number of aromatic amines is 1. The molecular weight excluding hydrogens is 384 g/mol. The molecular formula is C19H14N2O6S. The van der Waals surface area contributed by atoms with Crippen LogP contribution in [0.3, 0.4) is 0 Å². The van der Waals surface area contributed by atoms with Crippen LogP contribution in [0.1, 0.15) is 15.9 Å². The van der Waals surface area contributed by atoms with E-state index in [1.54, 1.807) is 24.3 Å². The normalized spacial score (nSPS) is 12.2. The molecule has 2 N–H and O–H groups in total. The van der Waals surface area contributed by atoms with Crippen LogP contribution in [0, 0.1) is 10.1 Å². The molecule has 1 aromatic heterocycles. The Kier molecular flexibility index (Phi) is 5.37. The summed E-state index contributed by atoms with van der Waals surface area (Å²) in [4.78, 5) is 37.4. The zero-order valence-electron chi connectivity index (χ0n) is 14.5. The molecule has 1 heterocycles. The number of nitrogens with zero attached hydrogens (tertiary/aromatic N) is 1. The quantitative estimate of drug-likeness (QED) is 0.382. The number of ether oxygens (including phenoxy) is 1. The van der Waals surface area contributed by atoms with E-state index in [2.05, 4.69) is 4.98 Å². The van der Waals surface area contributed by atoms with Crippen molar-refractivity contribution in [2.45, 2.75) is 0 Å². The Balaban J connectivity index is 2.02. The zero-order valence-corrected chi connectivity index (χ0v) is 15.4. The van der Waals surface area contributed by atoms with Crippen LogP contribution in [-0.4, -0.2) is 27.9 Å². The molecule has 0 atom stereocenters. The van der Waals surface area contributed by atoms with Crippen molar-refractivity contribution in [2.24, 2.45) is 0 Å². The number of aromatic hydroxyl groups is 1. The first kappa shape index (κ1) is 19.1. The molecule has 3 aromatic rings. The van der Waals surface area contributed by atoms with Gasteiger partial charge in [-0.3, -0.25) is 19.7 Å². The SMILES string of the molecule is COc1ccccc1C(=O)/C=c1\[nH]c(=O)/c(=C\c2ccc(O)c([N+](=O)[O-])c2)s1. The Labute approximate surface area is 161 Å². The van der Waals surface area contributed by atoms with Crippen molar-refractivity contribution in [1.82, 2.24) is 4.98 Å². The molecule has 2 aromatic carbocycles. The largest absolute Gasteiger partial charge is 0.502 e. The lowest BCUT2D eigenvalue weighted by molar-refractivity contribution is -0.385. The molecule has 0 bridgehead atoms. The van der Waals surface area contributed by atoms with Gasteiger partial charge in [0, 0.05) is 12.1 Å². The third-order valence-electron chi connectivity index (χ3n) is 3.81. The molecule has 0 fully saturated rings. The average Bonchev–Trinajstić information content (AvgIpc) is 3.01. The van der Waals surface area contributed by atoms with E-state index in [0.29, 0.717) is 21.5 Å². The Morgan fingerprint density at radius 2 is 2.04 bits per heavy atom. The maximum atomic E-state index is 12.5. The highest BCUT2D eigenvalue weighted by Crippen LogP contribution is 2.26. The number of methoxy groups -OCH3 is 1. The van der Waals surface area contributed by atoms with Gasteiger partial charge < -0.3 is 14.8 Å². The highest BCUT2D eigenvalue weighted by atomic mass is 32.1. The monoisotopic (exact) mass is 398 g/mol. The minimum Gasteiger partial charge on any atom is -0.502 e. The summed E-state index contributed by atoms with van der Waals surface area (Å²) in [5.41, 5.74) is -0.155. The van der Waals surface area contributed by atoms with Crippen molar-refractivity contribution in [3.8, 4) is 11.5 Å². The number of nitrogens with one attached hydrogen (secondary N) is 1. The number of ketones is 1. The van der Waals surface area contributed by atoms with Gasteiger partial charge in [0.1, 0.15) is 5.75 Å². The molecule has 0 aliphatic carbocycles. The Morgan fingerprint density at radius 1 is 1.29 bits per heavy atom. The summed E-state index contributed by atoms with van der Waals surface area (Å²) in [5.74, 6) is -0.369. The third-order valence-corrected chi connectivity index (χ3v) is 4.77. The van der Waals surface area contributed by atoms with Crippen molar-refractivity contribution in [1.29, 1.82) is 0 Å². The second kappa shape index (κ2) is 7.89. The highest BCUT2D eigenvalue weighted by Gasteiger charge is 2.13. The first-order valence-corrected chi connectivity index (χ1v) is 8.78. The van der Waals surface area contributed by atoms with Crippen LogP contribution in [0.2, 0.25) is 0 Å². The second-order valence-electron chi connectivity index (χ2n) is 5.64. The Bertz CT molecular complexity index is 1240. The van der Waals surface area contributed by atoms with E-state index in [0.717, 1.165) is 17.4 Å². The summed E-state index contributed by atoms with van der Waals surface area (Å²) >= 11 is 1.04. The van der Waals surface area contributed by atoms with Gasteiger partial charge in [0.05, 0.1) is 26.8 Å². The number of carbonyl (C=O) groups excluding carboxylic acids is 1. The van der Waals surface area contributed by atoms with Crippen LogP contribution in [0.15, 0.2) is 47.3 Å². The summed E-state index contributed by atoms with van der Waals surface area (Å²) < 4.78 is 5.76. The number of Topliss-reactive ketones (excluding diaryl/α,β-unsaturated/α-hetero) is 1. The number of H-pyrrole nitrogens is 1. The number of benzene rings is 2. The van der Waals surface area contributed by atoms with Crippen LogP contribution >= 0.6 is 11.3 Å². The number of nitro groups is 1. The number of para-hydroxylation sites is 1. The molecule has 28 heavy (non-hydrogen) atoms. The minimum absolute atomic E-state index is 0.263. The van der Waals surface area contributed by atoms with Gasteiger partial charge in [0.2, 0.25) is 0 Å².